The highest BCUT2D eigenvalue weighted by molar-refractivity contribution is 14.0. The molecular weight excluding hydrogens is 510 g/mol. The standard InChI is InChI=1S/C23H35FN4O2.HI/c1-25-21(27-17-23(10-4-5-11-23)20(29)28(2)3)26-16-22(12-14-30-15-13-22)18-6-8-19(24)9-7-18;/h6-9H,4-5,10-17H2,1-3H3,(H2,25,26,27);1H. The number of halogens is 2. The molecule has 1 aliphatic carbocycles. The molecule has 0 bridgehead atoms. The molecular formula is C23H36FIN4O2. The number of benzene rings is 1. The lowest BCUT2D eigenvalue weighted by Gasteiger charge is -2.38. The number of carbonyl (C=O) groups is 1. The molecule has 2 fully saturated rings. The Hall–Kier alpha value is -1.42. The van der Waals surface area contributed by atoms with Gasteiger partial charge >= 0.3 is 0 Å². The molecule has 1 saturated heterocycles. The summed E-state index contributed by atoms with van der Waals surface area (Å²) in [7, 11) is 5.40. The lowest BCUT2D eigenvalue weighted by Crippen LogP contribution is -2.52. The first-order chi connectivity index (χ1) is 14.4. The minimum Gasteiger partial charge on any atom is -0.381 e. The van der Waals surface area contributed by atoms with Crippen LogP contribution in [0.15, 0.2) is 29.3 Å². The minimum atomic E-state index is -0.353. The van der Waals surface area contributed by atoms with Gasteiger partial charge in [-0.2, -0.15) is 0 Å². The Morgan fingerprint density at radius 2 is 1.65 bits per heavy atom. The Bertz CT molecular complexity index is 742. The van der Waals surface area contributed by atoms with Crippen LogP contribution in [-0.2, 0) is 14.9 Å². The van der Waals surface area contributed by atoms with E-state index in [1.807, 2.05) is 26.2 Å². The molecule has 1 heterocycles. The van der Waals surface area contributed by atoms with Crippen molar-refractivity contribution in [3.63, 3.8) is 0 Å². The Morgan fingerprint density at radius 3 is 2.19 bits per heavy atom. The zero-order valence-electron chi connectivity index (χ0n) is 18.9. The van der Waals surface area contributed by atoms with Gasteiger partial charge in [0.1, 0.15) is 5.82 Å². The molecule has 0 unspecified atom stereocenters. The number of amides is 1. The fourth-order valence-corrected chi connectivity index (χ4v) is 4.85. The van der Waals surface area contributed by atoms with Gasteiger partial charge in [0.15, 0.2) is 5.96 Å². The third-order valence-electron chi connectivity index (χ3n) is 6.74. The van der Waals surface area contributed by atoms with Crippen LogP contribution in [0.5, 0.6) is 0 Å². The lowest BCUT2D eigenvalue weighted by atomic mass is 9.74. The average molecular weight is 546 g/mol. The number of hydrogen-bond donors (Lipinski definition) is 2. The topological polar surface area (TPSA) is 66.0 Å². The van der Waals surface area contributed by atoms with E-state index in [9.17, 15) is 9.18 Å². The van der Waals surface area contributed by atoms with E-state index in [2.05, 4.69) is 15.6 Å². The summed E-state index contributed by atoms with van der Waals surface area (Å²) < 4.78 is 19.0. The highest BCUT2D eigenvalue weighted by Gasteiger charge is 2.42. The van der Waals surface area contributed by atoms with E-state index in [1.165, 1.54) is 12.1 Å². The fraction of sp³-hybridized carbons (Fsp3) is 0.652. The largest absolute Gasteiger partial charge is 0.381 e. The second-order valence-corrected chi connectivity index (χ2v) is 8.87. The zero-order chi connectivity index (χ0) is 21.6. The second-order valence-electron chi connectivity index (χ2n) is 8.87. The van der Waals surface area contributed by atoms with Gasteiger partial charge in [0, 0.05) is 52.9 Å². The Morgan fingerprint density at radius 1 is 1.06 bits per heavy atom. The smallest absolute Gasteiger partial charge is 0.230 e. The molecule has 1 saturated carbocycles. The van der Waals surface area contributed by atoms with E-state index in [-0.39, 0.29) is 46.5 Å². The van der Waals surface area contributed by atoms with Crippen molar-refractivity contribution in [2.24, 2.45) is 10.4 Å². The molecule has 0 radical (unpaired) electrons. The molecule has 0 aromatic heterocycles. The van der Waals surface area contributed by atoms with Gasteiger partial charge in [-0.15, -0.1) is 24.0 Å². The molecule has 0 spiro atoms. The molecule has 1 aromatic rings. The minimum absolute atomic E-state index is 0. The number of carbonyl (C=O) groups excluding carboxylic acids is 1. The second kappa shape index (κ2) is 11.4. The summed E-state index contributed by atoms with van der Waals surface area (Å²) in [4.78, 5) is 18.9. The summed E-state index contributed by atoms with van der Waals surface area (Å²) in [6, 6.07) is 6.80. The molecule has 31 heavy (non-hydrogen) atoms. The van der Waals surface area contributed by atoms with Gasteiger partial charge in [0.25, 0.3) is 0 Å². The molecule has 1 aliphatic heterocycles. The molecule has 1 amide bonds. The number of rotatable bonds is 6. The molecule has 2 aliphatic rings. The first-order valence-corrected chi connectivity index (χ1v) is 10.9. The SMILES string of the molecule is CN=C(NCC1(C(=O)N(C)C)CCCC1)NCC1(c2ccc(F)cc2)CCOCC1.I. The highest BCUT2D eigenvalue weighted by Crippen LogP contribution is 2.39. The summed E-state index contributed by atoms with van der Waals surface area (Å²) in [6.45, 7) is 2.63. The maximum Gasteiger partial charge on any atom is 0.230 e. The first kappa shape index (κ1) is 25.8. The first-order valence-electron chi connectivity index (χ1n) is 10.9. The van der Waals surface area contributed by atoms with Crippen molar-refractivity contribution < 1.29 is 13.9 Å². The Kier molecular flexibility index (Phi) is 9.54. The van der Waals surface area contributed by atoms with Crippen LogP contribution >= 0.6 is 24.0 Å². The maximum atomic E-state index is 13.5. The molecule has 8 heteroatoms. The molecule has 1 aromatic carbocycles. The van der Waals surface area contributed by atoms with E-state index >= 15 is 0 Å². The summed E-state index contributed by atoms with van der Waals surface area (Å²) in [5, 5.41) is 6.87. The highest BCUT2D eigenvalue weighted by atomic mass is 127. The van der Waals surface area contributed by atoms with Crippen molar-refractivity contribution in [2.45, 2.75) is 43.9 Å². The molecule has 3 rings (SSSR count). The van der Waals surface area contributed by atoms with Crippen molar-refractivity contribution in [1.82, 2.24) is 15.5 Å². The third-order valence-corrected chi connectivity index (χ3v) is 6.74. The van der Waals surface area contributed by atoms with Crippen LogP contribution in [0.3, 0.4) is 0 Å². The predicted octanol–water partition coefficient (Wildman–Crippen LogP) is 3.31. The third kappa shape index (κ3) is 6.09. The van der Waals surface area contributed by atoms with Gasteiger partial charge in [-0.05, 0) is 43.4 Å². The van der Waals surface area contributed by atoms with Crippen LogP contribution < -0.4 is 10.6 Å². The number of nitrogens with one attached hydrogen (secondary N) is 2. The predicted molar refractivity (Wildman–Crippen MR) is 133 cm³/mol. The summed E-state index contributed by atoms with van der Waals surface area (Å²) >= 11 is 0. The van der Waals surface area contributed by atoms with E-state index in [0.717, 1.165) is 44.1 Å². The van der Waals surface area contributed by atoms with Gasteiger partial charge in [0.05, 0.1) is 5.41 Å². The Labute approximate surface area is 202 Å². The van der Waals surface area contributed by atoms with Crippen LogP contribution in [0.1, 0.15) is 44.1 Å². The van der Waals surface area contributed by atoms with Crippen LogP contribution in [0.2, 0.25) is 0 Å². The molecule has 2 N–H and O–H groups in total. The van der Waals surface area contributed by atoms with Gasteiger partial charge < -0.3 is 20.3 Å². The van der Waals surface area contributed by atoms with Crippen molar-refractivity contribution in [2.75, 3.05) is 47.4 Å². The molecule has 6 nitrogen and oxygen atoms in total. The van der Waals surface area contributed by atoms with Crippen LogP contribution in [0.25, 0.3) is 0 Å². The van der Waals surface area contributed by atoms with E-state index in [4.69, 9.17) is 4.74 Å². The van der Waals surface area contributed by atoms with Crippen molar-refractivity contribution in [1.29, 1.82) is 0 Å². The fourth-order valence-electron chi connectivity index (χ4n) is 4.85. The Balaban J connectivity index is 0.00000341. The number of aliphatic imine (C=N–C) groups is 1. The van der Waals surface area contributed by atoms with Gasteiger partial charge in [0.2, 0.25) is 5.91 Å². The maximum absolute atomic E-state index is 13.5. The van der Waals surface area contributed by atoms with Crippen LogP contribution in [-0.4, -0.2) is 64.2 Å². The van der Waals surface area contributed by atoms with E-state index in [1.54, 1.807) is 11.9 Å². The van der Waals surface area contributed by atoms with E-state index in [0.29, 0.717) is 32.3 Å². The summed E-state index contributed by atoms with van der Waals surface area (Å²) in [6.07, 6.45) is 5.72. The normalized spacial score (nSPS) is 19.9. The lowest BCUT2D eigenvalue weighted by molar-refractivity contribution is -0.138. The van der Waals surface area contributed by atoms with Crippen molar-refractivity contribution >= 4 is 35.8 Å². The van der Waals surface area contributed by atoms with Crippen molar-refractivity contribution in [3.8, 4) is 0 Å². The zero-order valence-corrected chi connectivity index (χ0v) is 21.2. The van der Waals surface area contributed by atoms with Crippen LogP contribution in [0, 0.1) is 11.2 Å². The van der Waals surface area contributed by atoms with E-state index < -0.39 is 0 Å². The molecule has 174 valence electrons. The summed E-state index contributed by atoms with van der Waals surface area (Å²) in [5.74, 6) is 0.662. The van der Waals surface area contributed by atoms with Crippen LogP contribution in [0.4, 0.5) is 4.39 Å². The van der Waals surface area contributed by atoms with Crippen molar-refractivity contribution in [3.05, 3.63) is 35.6 Å². The number of nitrogens with zero attached hydrogens (tertiary/aromatic N) is 2. The van der Waals surface area contributed by atoms with Gasteiger partial charge in [-0.3, -0.25) is 9.79 Å². The monoisotopic (exact) mass is 546 g/mol. The molecule has 0 atom stereocenters. The van der Waals surface area contributed by atoms with Gasteiger partial charge in [-0.25, -0.2) is 4.39 Å². The van der Waals surface area contributed by atoms with Gasteiger partial charge in [-0.1, -0.05) is 25.0 Å². The average Bonchev–Trinajstić information content (AvgIpc) is 3.24. The number of ether oxygens (including phenoxy) is 1. The quantitative estimate of drug-likeness (QED) is 0.327. The summed E-state index contributed by atoms with van der Waals surface area (Å²) in [5.41, 5.74) is 0.632. The number of guanidine groups is 1. The number of hydrogen-bond acceptors (Lipinski definition) is 3.